The van der Waals surface area contributed by atoms with Crippen LogP contribution in [0.5, 0.6) is 0 Å². The van der Waals surface area contributed by atoms with Gasteiger partial charge in [-0.15, -0.1) is 0 Å². The molecule has 208 valence electrons. The maximum Gasteiger partial charge on any atom is 0.250 e. The molecule has 0 saturated carbocycles. The molecule has 4 aliphatic heterocycles. The Morgan fingerprint density at radius 1 is 1.08 bits per heavy atom. The van der Waals surface area contributed by atoms with E-state index in [0.29, 0.717) is 18.7 Å². The van der Waals surface area contributed by atoms with Crippen LogP contribution in [-0.2, 0) is 29.3 Å². The summed E-state index contributed by atoms with van der Waals surface area (Å²) in [5, 5.41) is 25.0. The molecule has 9 atom stereocenters. The molecular formula is C30H36N2O7. The third-order valence-corrected chi connectivity index (χ3v) is 8.90. The van der Waals surface area contributed by atoms with Crippen molar-refractivity contribution in [2.24, 2.45) is 5.92 Å². The van der Waals surface area contributed by atoms with E-state index in [4.69, 9.17) is 14.2 Å². The molecule has 6 rings (SSSR count). The summed E-state index contributed by atoms with van der Waals surface area (Å²) in [7, 11) is 1.88. The number of ketones is 1. The summed E-state index contributed by atoms with van der Waals surface area (Å²) in [6.45, 7) is 2.73. The average molecular weight is 537 g/mol. The smallest absolute Gasteiger partial charge is 0.250 e. The minimum Gasteiger partial charge on any atom is -0.388 e. The molecule has 2 aromatic rings. The summed E-state index contributed by atoms with van der Waals surface area (Å²) in [6.07, 6.45) is -3.90. The molecule has 9 nitrogen and oxygen atoms in total. The molecule has 4 heterocycles. The van der Waals surface area contributed by atoms with Gasteiger partial charge in [0.15, 0.2) is 6.29 Å². The third kappa shape index (κ3) is 4.23. The van der Waals surface area contributed by atoms with E-state index in [2.05, 4.69) is 5.32 Å². The zero-order valence-corrected chi connectivity index (χ0v) is 22.2. The first-order valence-electron chi connectivity index (χ1n) is 13.8. The fourth-order valence-electron chi connectivity index (χ4n) is 7.10. The Balaban J connectivity index is 1.32. The SMILES string of the molecule is CCCC1OC[C@H]2O[C@@H](CC(=O)[C@@H]3[C@@H](c4ccccc4)CN(C)[C@@]34C(=O)Nc3ccccc34)[C@H](O)[C@@H](O)[C@@H]2O1. The fraction of sp³-hybridized carbons (Fsp3) is 0.533. The van der Waals surface area contributed by atoms with Gasteiger partial charge in [0.1, 0.15) is 35.7 Å². The first kappa shape index (κ1) is 26.6. The van der Waals surface area contributed by atoms with Gasteiger partial charge < -0.3 is 29.7 Å². The summed E-state index contributed by atoms with van der Waals surface area (Å²) in [4.78, 5) is 30.1. The number of carbonyl (C=O) groups is 2. The number of likely N-dealkylation sites (N-methyl/N-ethyl adjacent to an activating group) is 1. The molecule has 0 aliphatic carbocycles. The number of aliphatic hydroxyl groups excluding tert-OH is 2. The topological polar surface area (TPSA) is 118 Å². The third-order valence-electron chi connectivity index (χ3n) is 8.90. The highest BCUT2D eigenvalue weighted by atomic mass is 16.7. The second kappa shape index (κ2) is 10.4. The number of rotatable bonds is 6. The Kier molecular flexibility index (Phi) is 7.07. The molecular weight excluding hydrogens is 500 g/mol. The van der Waals surface area contributed by atoms with Crippen LogP contribution in [-0.4, -0.2) is 83.8 Å². The van der Waals surface area contributed by atoms with Crippen molar-refractivity contribution in [1.82, 2.24) is 4.90 Å². The quantitative estimate of drug-likeness (QED) is 0.514. The minimum atomic E-state index is -1.31. The van der Waals surface area contributed by atoms with Crippen molar-refractivity contribution in [3.05, 3.63) is 65.7 Å². The number of amides is 1. The van der Waals surface area contributed by atoms with Gasteiger partial charge in [0.05, 0.1) is 18.6 Å². The Hall–Kier alpha value is -2.66. The molecule has 3 fully saturated rings. The molecule has 0 aromatic heterocycles. The fourth-order valence-corrected chi connectivity index (χ4v) is 7.10. The van der Waals surface area contributed by atoms with Crippen LogP contribution >= 0.6 is 0 Å². The monoisotopic (exact) mass is 536 g/mol. The van der Waals surface area contributed by atoms with Crippen LogP contribution in [0.1, 0.15) is 43.2 Å². The van der Waals surface area contributed by atoms with E-state index in [1.54, 1.807) is 0 Å². The van der Waals surface area contributed by atoms with Gasteiger partial charge in [-0.2, -0.15) is 0 Å². The zero-order chi connectivity index (χ0) is 27.3. The molecule has 3 saturated heterocycles. The molecule has 1 spiro atoms. The number of nitrogens with one attached hydrogen (secondary N) is 1. The number of fused-ring (bicyclic) bond motifs is 3. The number of nitrogens with zero attached hydrogens (tertiary/aromatic N) is 1. The molecule has 0 radical (unpaired) electrons. The highest BCUT2D eigenvalue weighted by molar-refractivity contribution is 6.09. The zero-order valence-electron chi connectivity index (χ0n) is 22.2. The van der Waals surface area contributed by atoms with Gasteiger partial charge in [-0.05, 0) is 25.1 Å². The van der Waals surface area contributed by atoms with Crippen LogP contribution in [0.4, 0.5) is 5.69 Å². The predicted molar refractivity (Wildman–Crippen MR) is 142 cm³/mol. The first-order valence-corrected chi connectivity index (χ1v) is 13.8. The van der Waals surface area contributed by atoms with Crippen LogP contribution in [0.3, 0.4) is 0 Å². The molecule has 3 N–H and O–H groups in total. The van der Waals surface area contributed by atoms with Crippen molar-refractivity contribution in [2.45, 2.75) is 74.5 Å². The van der Waals surface area contributed by atoms with E-state index >= 15 is 0 Å². The lowest BCUT2D eigenvalue weighted by molar-refractivity contribution is -0.325. The number of aliphatic hydroxyl groups is 2. The van der Waals surface area contributed by atoms with Crippen molar-refractivity contribution in [1.29, 1.82) is 0 Å². The molecule has 1 amide bonds. The van der Waals surface area contributed by atoms with Crippen LogP contribution in [0.15, 0.2) is 54.6 Å². The number of benzene rings is 2. The summed E-state index contributed by atoms with van der Waals surface area (Å²) in [5.41, 5.74) is 1.25. The van der Waals surface area contributed by atoms with Crippen LogP contribution < -0.4 is 5.32 Å². The number of hydrogen-bond donors (Lipinski definition) is 3. The Morgan fingerprint density at radius 3 is 2.59 bits per heavy atom. The number of anilines is 1. The summed E-state index contributed by atoms with van der Waals surface area (Å²) in [5.74, 6) is -1.41. The lowest BCUT2D eigenvalue weighted by atomic mass is 9.70. The van der Waals surface area contributed by atoms with Gasteiger partial charge >= 0.3 is 0 Å². The number of ether oxygens (including phenoxy) is 3. The van der Waals surface area contributed by atoms with Crippen molar-refractivity contribution in [3.8, 4) is 0 Å². The highest BCUT2D eigenvalue weighted by Gasteiger charge is 2.64. The largest absolute Gasteiger partial charge is 0.388 e. The maximum absolute atomic E-state index is 14.4. The summed E-state index contributed by atoms with van der Waals surface area (Å²) < 4.78 is 17.8. The van der Waals surface area contributed by atoms with E-state index in [1.807, 2.05) is 73.5 Å². The van der Waals surface area contributed by atoms with Gasteiger partial charge in [-0.1, -0.05) is 61.9 Å². The van der Waals surface area contributed by atoms with Crippen molar-refractivity contribution < 1.29 is 34.0 Å². The van der Waals surface area contributed by atoms with Crippen LogP contribution in [0.25, 0.3) is 0 Å². The molecule has 9 heteroatoms. The normalized spacial score (nSPS) is 37.9. The molecule has 1 unspecified atom stereocenters. The van der Waals surface area contributed by atoms with Crippen molar-refractivity contribution in [2.75, 3.05) is 25.5 Å². The molecule has 39 heavy (non-hydrogen) atoms. The van der Waals surface area contributed by atoms with Gasteiger partial charge in [-0.25, -0.2) is 0 Å². The van der Waals surface area contributed by atoms with Gasteiger partial charge in [0, 0.05) is 30.1 Å². The van der Waals surface area contributed by atoms with Gasteiger partial charge in [0.2, 0.25) is 5.91 Å². The van der Waals surface area contributed by atoms with Gasteiger partial charge in [0.25, 0.3) is 0 Å². The number of carbonyl (C=O) groups excluding carboxylic acids is 2. The number of hydrogen-bond acceptors (Lipinski definition) is 8. The van der Waals surface area contributed by atoms with E-state index in [9.17, 15) is 19.8 Å². The molecule has 4 aliphatic rings. The number of likely N-dealkylation sites (tertiary alicyclic amines) is 1. The lowest BCUT2D eigenvalue weighted by Crippen LogP contribution is -2.63. The van der Waals surface area contributed by atoms with E-state index in [-0.39, 0.29) is 30.6 Å². The average Bonchev–Trinajstić information content (AvgIpc) is 3.42. The second-order valence-corrected chi connectivity index (χ2v) is 11.2. The number of para-hydroxylation sites is 1. The Bertz CT molecular complexity index is 1220. The maximum atomic E-state index is 14.4. The van der Waals surface area contributed by atoms with Crippen LogP contribution in [0.2, 0.25) is 0 Å². The number of Topliss-reactive ketones (excluding diaryl/α,β-unsaturated/α-hetero) is 1. The Morgan fingerprint density at radius 2 is 1.82 bits per heavy atom. The minimum absolute atomic E-state index is 0.154. The second-order valence-electron chi connectivity index (χ2n) is 11.2. The molecule has 2 aromatic carbocycles. The van der Waals surface area contributed by atoms with Gasteiger partial charge in [-0.3, -0.25) is 14.5 Å². The van der Waals surface area contributed by atoms with E-state index in [0.717, 1.165) is 17.5 Å². The predicted octanol–water partition coefficient (Wildman–Crippen LogP) is 2.17. The first-order chi connectivity index (χ1) is 18.9. The summed E-state index contributed by atoms with van der Waals surface area (Å²) >= 11 is 0. The van der Waals surface area contributed by atoms with E-state index in [1.165, 1.54) is 0 Å². The highest BCUT2D eigenvalue weighted by Crippen LogP contribution is 2.55. The Labute approximate surface area is 228 Å². The van der Waals surface area contributed by atoms with Crippen LogP contribution in [0, 0.1) is 5.92 Å². The standard InChI is InChI=1S/C30H36N2O7/c1-3-9-24-37-16-23-28(39-24)27(35)26(34)22(38-23)14-21(33)25-18(17-10-5-4-6-11-17)15-32(2)30(25)19-12-7-8-13-20(19)31-29(30)36/h4-8,10-13,18,22-28,34-35H,3,9,14-16H2,1-2H3,(H,31,36)/t18-,22+,23-,24?,25+,26+,27-,28-,30-/m1/s1. The summed E-state index contributed by atoms with van der Waals surface area (Å²) in [6, 6.07) is 17.3. The van der Waals surface area contributed by atoms with E-state index < -0.39 is 48.3 Å². The molecule has 0 bridgehead atoms. The lowest BCUT2D eigenvalue weighted by Gasteiger charge is -2.47. The van der Waals surface area contributed by atoms with Crippen molar-refractivity contribution >= 4 is 17.4 Å². The van der Waals surface area contributed by atoms with Crippen molar-refractivity contribution in [3.63, 3.8) is 0 Å².